The van der Waals surface area contributed by atoms with Gasteiger partial charge in [0.25, 0.3) is 5.56 Å². The van der Waals surface area contributed by atoms with Gasteiger partial charge in [-0.25, -0.2) is 14.8 Å². The van der Waals surface area contributed by atoms with Crippen molar-refractivity contribution in [3.05, 3.63) is 23.0 Å². The number of fused-ring (bicyclic) bond motifs is 1. The first-order valence-electron chi connectivity index (χ1n) is 6.26. The van der Waals surface area contributed by atoms with Crippen molar-refractivity contribution < 1.29 is 29.6 Å². The Balaban J connectivity index is 1.89. The highest BCUT2D eigenvalue weighted by Crippen LogP contribution is 2.31. The Morgan fingerprint density at radius 2 is 2.18 bits per heavy atom. The van der Waals surface area contributed by atoms with Gasteiger partial charge in [-0.2, -0.15) is 0 Å². The Labute approximate surface area is 121 Å². The summed E-state index contributed by atoms with van der Waals surface area (Å²) in [6.45, 7) is -0.440. The van der Waals surface area contributed by atoms with E-state index in [9.17, 15) is 19.8 Å². The number of aromatic amines is 1. The fourth-order valence-electron chi connectivity index (χ4n) is 2.30. The molecule has 0 aromatic carbocycles. The summed E-state index contributed by atoms with van der Waals surface area (Å²) in [5.74, 6) is 0. The predicted molar refractivity (Wildman–Crippen MR) is 68.0 cm³/mol. The molecule has 2 aromatic heterocycles. The zero-order valence-electron chi connectivity index (χ0n) is 11.0. The molecule has 2 aromatic rings. The van der Waals surface area contributed by atoms with E-state index in [-0.39, 0.29) is 11.2 Å². The van der Waals surface area contributed by atoms with Crippen molar-refractivity contribution in [2.75, 3.05) is 6.61 Å². The highest BCUT2D eigenvalue weighted by atomic mass is 16.7. The maximum absolute atomic E-state index is 11.6. The first-order chi connectivity index (χ1) is 10.5. The lowest BCUT2D eigenvalue weighted by Gasteiger charge is -2.16. The SMILES string of the molecule is O=C(O)OC[C@H]1O[C@@H](n2cnc3c(=O)[nH]cnc32)[C@H](O)[C@@H]1O. The summed E-state index contributed by atoms with van der Waals surface area (Å²) in [5.41, 5.74) is -0.236. The van der Waals surface area contributed by atoms with E-state index in [0.717, 1.165) is 0 Å². The normalized spacial score (nSPS) is 28.1. The van der Waals surface area contributed by atoms with Crippen molar-refractivity contribution in [1.29, 1.82) is 0 Å². The summed E-state index contributed by atoms with van der Waals surface area (Å²) in [7, 11) is 0. The minimum absolute atomic E-state index is 0.0537. The number of ether oxygens (including phenoxy) is 2. The molecule has 0 spiro atoms. The maximum atomic E-state index is 11.6. The second kappa shape index (κ2) is 5.36. The molecular formula is C11H12N4O7. The Morgan fingerprint density at radius 1 is 1.41 bits per heavy atom. The quantitative estimate of drug-likeness (QED) is 0.491. The number of nitrogens with zero attached hydrogens (tertiary/aromatic N) is 3. The number of imidazole rings is 1. The van der Waals surface area contributed by atoms with Gasteiger partial charge in [-0.15, -0.1) is 0 Å². The van der Waals surface area contributed by atoms with Crippen LogP contribution in [0.5, 0.6) is 0 Å². The lowest BCUT2D eigenvalue weighted by atomic mass is 10.1. The first kappa shape index (κ1) is 14.4. The van der Waals surface area contributed by atoms with Gasteiger partial charge in [0, 0.05) is 0 Å². The van der Waals surface area contributed by atoms with E-state index in [0.29, 0.717) is 0 Å². The fraction of sp³-hybridized carbons (Fsp3) is 0.455. The predicted octanol–water partition coefficient (Wildman–Crippen LogP) is -1.57. The van der Waals surface area contributed by atoms with Crippen LogP contribution >= 0.6 is 0 Å². The second-order valence-electron chi connectivity index (χ2n) is 4.68. The van der Waals surface area contributed by atoms with Crippen LogP contribution in [-0.2, 0) is 9.47 Å². The molecule has 0 aliphatic carbocycles. The van der Waals surface area contributed by atoms with Crippen LogP contribution in [0, 0.1) is 0 Å². The molecule has 0 bridgehead atoms. The third-order valence-corrected chi connectivity index (χ3v) is 3.35. The zero-order valence-corrected chi connectivity index (χ0v) is 11.0. The van der Waals surface area contributed by atoms with E-state index in [2.05, 4.69) is 19.7 Å². The van der Waals surface area contributed by atoms with Crippen LogP contribution in [0.3, 0.4) is 0 Å². The topological polar surface area (TPSA) is 160 Å². The Bertz CT molecular complexity index is 756. The van der Waals surface area contributed by atoms with Gasteiger partial charge < -0.3 is 29.8 Å². The number of nitrogens with one attached hydrogen (secondary N) is 1. The van der Waals surface area contributed by atoms with Crippen LogP contribution < -0.4 is 5.56 Å². The molecule has 4 atom stereocenters. The molecule has 11 heteroatoms. The van der Waals surface area contributed by atoms with Crippen molar-refractivity contribution in [3.8, 4) is 0 Å². The van der Waals surface area contributed by atoms with Gasteiger partial charge in [-0.1, -0.05) is 0 Å². The molecule has 4 N–H and O–H groups in total. The van der Waals surface area contributed by atoms with Gasteiger partial charge in [0.1, 0.15) is 24.9 Å². The average molecular weight is 312 g/mol. The second-order valence-corrected chi connectivity index (χ2v) is 4.68. The van der Waals surface area contributed by atoms with Crippen LogP contribution in [0.4, 0.5) is 4.79 Å². The van der Waals surface area contributed by atoms with Gasteiger partial charge in [0.2, 0.25) is 0 Å². The zero-order chi connectivity index (χ0) is 15.9. The monoisotopic (exact) mass is 312 g/mol. The minimum Gasteiger partial charge on any atom is -0.450 e. The van der Waals surface area contributed by atoms with E-state index in [4.69, 9.17) is 9.84 Å². The Kier molecular flexibility index (Phi) is 3.52. The molecule has 11 nitrogen and oxygen atoms in total. The molecule has 1 aliphatic rings. The molecule has 1 aliphatic heterocycles. The molecule has 0 radical (unpaired) electrons. The summed E-state index contributed by atoms with van der Waals surface area (Å²) in [5, 5.41) is 28.4. The molecule has 3 heterocycles. The standard InChI is InChI=1S/C11H12N4O7/c16-6-4(1-21-11(19)20)22-10(7(6)17)15-3-14-5-8(15)12-2-13-9(5)18/h2-4,6-7,10,16-17H,1H2,(H,19,20)(H,12,13,18)/t4-,6-,7-,10-/m1/s1. The van der Waals surface area contributed by atoms with Crippen molar-refractivity contribution in [2.24, 2.45) is 0 Å². The van der Waals surface area contributed by atoms with Crippen LogP contribution in [0.15, 0.2) is 17.4 Å². The summed E-state index contributed by atoms with van der Waals surface area (Å²) in [6, 6.07) is 0. The maximum Gasteiger partial charge on any atom is 0.505 e. The molecular weight excluding hydrogens is 300 g/mol. The van der Waals surface area contributed by atoms with Crippen molar-refractivity contribution in [2.45, 2.75) is 24.5 Å². The molecule has 0 unspecified atom stereocenters. The minimum atomic E-state index is -1.52. The fourth-order valence-corrected chi connectivity index (χ4v) is 2.30. The number of aliphatic hydroxyl groups excluding tert-OH is 2. The van der Waals surface area contributed by atoms with E-state index in [1.807, 2.05) is 0 Å². The summed E-state index contributed by atoms with van der Waals surface area (Å²) in [4.78, 5) is 32.2. The molecule has 3 rings (SSSR count). The number of rotatable bonds is 3. The van der Waals surface area contributed by atoms with E-state index < -0.39 is 42.9 Å². The third-order valence-electron chi connectivity index (χ3n) is 3.35. The molecule has 1 saturated heterocycles. The first-order valence-corrected chi connectivity index (χ1v) is 6.26. The highest BCUT2D eigenvalue weighted by Gasteiger charge is 2.44. The number of hydrogen-bond acceptors (Lipinski definition) is 8. The van der Waals surface area contributed by atoms with E-state index in [1.54, 1.807) is 0 Å². The van der Waals surface area contributed by atoms with Crippen molar-refractivity contribution in [1.82, 2.24) is 19.5 Å². The van der Waals surface area contributed by atoms with Crippen LogP contribution in [-0.4, -0.2) is 65.9 Å². The molecule has 118 valence electrons. The van der Waals surface area contributed by atoms with Crippen LogP contribution in [0.2, 0.25) is 0 Å². The number of hydrogen-bond donors (Lipinski definition) is 4. The number of aliphatic hydroxyl groups is 2. The van der Waals surface area contributed by atoms with Gasteiger partial charge in [-0.05, 0) is 0 Å². The van der Waals surface area contributed by atoms with Crippen LogP contribution in [0.25, 0.3) is 11.2 Å². The van der Waals surface area contributed by atoms with Crippen molar-refractivity contribution >= 4 is 17.3 Å². The summed E-state index contributed by atoms with van der Waals surface area (Å²) >= 11 is 0. The van der Waals surface area contributed by atoms with E-state index >= 15 is 0 Å². The Hall–Kier alpha value is -2.50. The van der Waals surface area contributed by atoms with Gasteiger partial charge in [0.05, 0.1) is 12.7 Å². The van der Waals surface area contributed by atoms with Gasteiger partial charge in [-0.3, -0.25) is 9.36 Å². The molecule has 22 heavy (non-hydrogen) atoms. The van der Waals surface area contributed by atoms with Crippen LogP contribution in [0.1, 0.15) is 6.23 Å². The smallest absolute Gasteiger partial charge is 0.450 e. The van der Waals surface area contributed by atoms with Gasteiger partial charge >= 0.3 is 6.16 Å². The number of aromatic nitrogens is 4. The lowest BCUT2D eigenvalue weighted by Crippen LogP contribution is -2.34. The average Bonchev–Trinajstić information content (AvgIpc) is 3.01. The molecule has 1 fully saturated rings. The van der Waals surface area contributed by atoms with Gasteiger partial charge in [0.15, 0.2) is 17.4 Å². The number of carbonyl (C=O) groups is 1. The molecule has 0 saturated carbocycles. The lowest BCUT2D eigenvalue weighted by molar-refractivity contribution is -0.0579. The number of carboxylic acid groups (broad SMARTS) is 1. The van der Waals surface area contributed by atoms with Crippen molar-refractivity contribution in [3.63, 3.8) is 0 Å². The summed E-state index contributed by atoms with van der Waals surface area (Å²) < 4.78 is 11.0. The Morgan fingerprint density at radius 3 is 2.91 bits per heavy atom. The summed E-state index contributed by atoms with van der Waals surface area (Å²) in [6.07, 6.45) is -3.94. The highest BCUT2D eigenvalue weighted by molar-refractivity contribution is 5.68. The number of H-pyrrole nitrogens is 1. The van der Waals surface area contributed by atoms with E-state index in [1.165, 1.54) is 17.2 Å². The largest absolute Gasteiger partial charge is 0.505 e. The third kappa shape index (κ3) is 2.30. The molecule has 0 amide bonds.